The molecule has 4 rings (SSSR count). The van der Waals surface area contributed by atoms with Crippen LogP contribution in [0.15, 0.2) is 30.9 Å². The average molecular weight is 527 g/mol. The van der Waals surface area contributed by atoms with Gasteiger partial charge in [0.25, 0.3) is 5.91 Å². The summed E-state index contributed by atoms with van der Waals surface area (Å²) in [5, 5.41) is 9.14. The lowest BCUT2D eigenvalue weighted by Gasteiger charge is -2.37. The number of likely N-dealkylation sites (tertiary alicyclic amines) is 1. The Morgan fingerprint density at radius 3 is 2.53 bits per heavy atom. The number of esters is 1. The maximum Gasteiger partial charge on any atom is 0.312 e. The van der Waals surface area contributed by atoms with Crippen molar-refractivity contribution in [3.8, 4) is 0 Å². The van der Waals surface area contributed by atoms with E-state index in [0.717, 1.165) is 29.7 Å². The van der Waals surface area contributed by atoms with Crippen LogP contribution >= 0.6 is 0 Å². The molecular weight excluding hydrogens is 484 g/mol. The van der Waals surface area contributed by atoms with Crippen LogP contribution < -0.4 is 4.90 Å². The van der Waals surface area contributed by atoms with Gasteiger partial charge in [-0.15, -0.1) is 6.58 Å². The quantitative estimate of drug-likeness (QED) is 0.253. The van der Waals surface area contributed by atoms with Crippen LogP contribution in [-0.2, 0) is 23.9 Å². The van der Waals surface area contributed by atoms with Crippen LogP contribution in [0.25, 0.3) is 0 Å². The number of para-hydroxylation sites is 1. The molecule has 1 spiro atoms. The van der Waals surface area contributed by atoms with Crippen molar-refractivity contribution in [1.29, 1.82) is 0 Å². The van der Waals surface area contributed by atoms with Gasteiger partial charge in [0.15, 0.2) is 0 Å². The number of fused-ring (bicyclic) bond motifs is 1. The normalized spacial score (nSPS) is 29.4. The Bertz CT molecular complexity index is 1070. The number of unbranched alkanes of at least 4 members (excludes halogenated alkanes) is 3. The Labute approximate surface area is 226 Å². The van der Waals surface area contributed by atoms with E-state index in [9.17, 15) is 14.4 Å². The molecule has 3 saturated heterocycles. The first-order valence-corrected chi connectivity index (χ1v) is 13.9. The minimum absolute atomic E-state index is 0.134. The number of aryl methyl sites for hydroxylation is 2. The molecule has 1 aromatic carbocycles. The number of rotatable bonds is 12. The van der Waals surface area contributed by atoms with E-state index in [4.69, 9.17) is 14.6 Å². The van der Waals surface area contributed by atoms with Crippen LogP contribution in [-0.4, -0.2) is 71.3 Å². The molecule has 3 fully saturated rings. The molecule has 0 radical (unpaired) electrons. The molecule has 0 aliphatic carbocycles. The standard InChI is InChI=1S/C30H42N2O6/c1-6-17-31(24-20(3)13-12-14-21(24)4)27(35)25-30-16-15-29(5,38-30)23(28(36)37-7-2)22(30)26(34)32(25)18-10-8-9-11-19-33/h6,12-14,22-23,25,33H,1,7-11,15-19H2,2-5H3/t22-,23-,25?,29+,30?/m0/s1. The number of carbonyl (C=O) groups is 3. The zero-order chi connectivity index (χ0) is 27.7. The summed E-state index contributed by atoms with van der Waals surface area (Å²) in [5.41, 5.74) is 0.805. The van der Waals surface area contributed by atoms with Gasteiger partial charge in [-0.3, -0.25) is 14.4 Å². The molecule has 3 heterocycles. The fourth-order valence-corrected chi connectivity index (χ4v) is 7.08. The maximum atomic E-state index is 14.6. The second-order valence-electron chi connectivity index (χ2n) is 11.1. The maximum absolute atomic E-state index is 14.6. The van der Waals surface area contributed by atoms with Crippen molar-refractivity contribution in [2.24, 2.45) is 11.8 Å². The van der Waals surface area contributed by atoms with Gasteiger partial charge in [0, 0.05) is 25.4 Å². The third-order valence-electron chi connectivity index (χ3n) is 8.65. The monoisotopic (exact) mass is 526 g/mol. The van der Waals surface area contributed by atoms with Gasteiger partial charge in [-0.2, -0.15) is 0 Å². The van der Waals surface area contributed by atoms with Gasteiger partial charge in [0.2, 0.25) is 5.91 Å². The Balaban J connectivity index is 1.77. The van der Waals surface area contributed by atoms with Gasteiger partial charge < -0.3 is 24.4 Å². The molecule has 2 bridgehead atoms. The molecule has 1 aromatic rings. The van der Waals surface area contributed by atoms with Crippen molar-refractivity contribution in [2.75, 3.05) is 31.2 Å². The smallest absolute Gasteiger partial charge is 0.312 e. The van der Waals surface area contributed by atoms with Crippen LogP contribution in [0.4, 0.5) is 5.69 Å². The van der Waals surface area contributed by atoms with E-state index in [0.29, 0.717) is 38.8 Å². The lowest BCUT2D eigenvalue weighted by Crippen LogP contribution is -2.56. The Morgan fingerprint density at radius 1 is 1.21 bits per heavy atom. The van der Waals surface area contributed by atoms with E-state index >= 15 is 0 Å². The molecule has 1 N–H and O–H groups in total. The van der Waals surface area contributed by atoms with Gasteiger partial charge in [-0.05, 0) is 64.5 Å². The van der Waals surface area contributed by atoms with Crippen molar-refractivity contribution in [2.45, 2.75) is 83.5 Å². The first-order chi connectivity index (χ1) is 18.2. The molecule has 8 heteroatoms. The SMILES string of the molecule is C=CCN(C(=O)C1N(CCCCCCO)C(=O)[C@@H]2[C@@H](C(=O)OCC)[C@@]3(C)CCC12O3)c1c(C)cccc1C. The molecule has 3 aliphatic heterocycles. The Hall–Kier alpha value is -2.71. The zero-order valence-corrected chi connectivity index (χ0v) is 23.2. The molecular formula is C30H42N2O6. The van der Waals surface area contributed by atoms with Crippen LogP contribution in [0.5, 0.6) is 0 Å². The highest BCUT2D eigenvalue weighted by Crippen LogP contribution is 2.63. The summed E-state index contributed by atoms with van der Waals surface area (Å²) in [6.07, 6.45) is 5.89. The van der Waals surface area contributed by atoms with Gasteiger partial charge in [0.05, 0.1) is 18.1 Å². The van der Waals surface area contributed by atoms with E-state index < -0.39 is 35.0 Å². The molecule has 0 saturated carbocycles. The third kappa shape index (κ3) is 4.56. The fraction of sp³-hybridized carbons (Fsp3) is 0.633. The van der Waals surface area contributed by atoms with Gasteiger partial charge in [-0.25, -0.2) is 0 Å². The topological polar surface area (TPSA) is 96.4 Å². The second kappa shape index (κ2) is 11.2. The lowest BCUT2D eigenvalue weighted by atomic mass is 9.66. The minimum Gasteiger partial charge on any atom is -0.466 e. The summed E-state index contributed by atoms with van der Waals surface area (Å²) in [5.74, 6) is -2.33. The summed E-state index contributed by atoms with van der Waals surface area (Å²) in [6, 6.07) is 5.06. The highest BCUT2D eigenvalue weighted by Gasteiger charge is 2.78. The number of aliphatic hydroxyl groups is 1. The largest absolute Gasteiger partial charge is 0.466 e. The number of ether oxygens (including phenoxy) is 2. The number of nitrogens with zero attached hydrogens (tertiary/aromatic N) is 2. The summed E-state index contributed by atoms with van der Waals surface area (Å²) >= 11 is 0. The number of hydrogen-bond acceptors (Lipinski definition) is 6. The molecule has 5 atom stereocenters. The second-order valence-corrected chi connectivity index (χ2v) is 11.1. The van der Waals surface area contributed by atoms with Crippen LogP contribution in [0.1, 0.15) is 63.5 Å². The van der Waals surface area contributed by atoms with Crippen LogP contribution in [0, 0.1) is 25.7 Å². The van der Waals surface area contributed by atoms with Crippen LogP contribution in [0.2, 0.25) is 0 Å². The molecule has 0 aromatic heterocycles. The Morgan fingerprint density at radius 2 is 1.89 bits per heavy atom. The first-order valence-electron chi connectivity index (χ1n) is 13.9. The minimum atomic E-state index is -1.08. The zero-order valence-electron chi connectivity index (χ0n) is 23.2. The van der Waals surface area contributed by atoms with E-state index in [1.165, 1.54) is 0 Å². The van der Waals surface area contributed by atoms with E-state index in [-0.39, 0.29) is 25.0 Å². The van der Waals surface area contributed by atoms with Gasteiger partial charge in [-0.1, -0.05) is 37.1 Å². The van der Waals surface area contributed by atoms with Crippen molar-refractivity contribution in [1.82, 2.24) is 4.90 Å². The summed E-state index contributed by atoms with van der Waals surface area (Å²) in [6.45, 7) is 12.5. The first kappa shape index (κ1) is 28.3. The predicted molar refractivity (Wildman–Crippen MR) is 145 cm³/mol. The fourth-order valence-electron chi connectivity index (χ4n) is 7.08. The summed E-state index contributed by atoms with van der Waals surface area (Å²) in [4.78, 5) is 45.3. The summed E-state index contributed by atoms with van der Waals surface area (Å²) < 4.78 is 12.1. The van der Waals surface area contributed by atoms with E-state index in [2.05, 4.69) is 6.58 Å². The number of amides is 2. The van der Waals surface area contributed by atoms with Crippen molar-refractivity contribution in [3.05, 3.63) is 42.0 Å². The lowest BCUT2D eigenvalue weighted by molar-refractivity contribution is -0.159. The third-order valence-corrected chi connectivity index (χ3v) is 8.65. The molecule has 208 valence electrons. The van der Waals surface area contributed by atoms with Crippen LogP contribution in [0.3, 0.4) is 0 Å². The number of benzene rings is 1. The molecule has 3 aliphatic rings. The van der Waals surface area contributed by atoms with Gasteiger partial charge >= 0.3 is 5.97 Å². The molecule has 38 heavy (non-hydrogen) atoms. The number of aliphatic hydroxyl groups excluding tert-OH is 1. The number of carbonyl (C=O) groups excluding carboxylic acids is 3. The predicted octanol–water partition coefficient (Wildman–Crippen LogP) is 3.70. The molecule has 2 amide bonds. The Kier molecular flexibility index (Phi) is 8.33. The van der Waals surface area contributed by atoms with Crippen molar-refractivity contribution >= 4 is 23.5 Å². The highest BCUT2D eigenvalue weighted by atomic mass is 16.6. The van der Waals surface area contributed by atoms with E-state index in [1.807, 2.05) is 39.0 Å². The highest BCUT2D eigenvalue weighted by molar-refractivity contribution is 6.05. The van der Waals surface area contributed by atoms with Crippen molar-refractivity contribution < 1.29 is 29.0 Å². The summed E-state index contributed by atoms with van der Waals surface area (Å²) in [7, 11) is 0. The van der Waals surface area contributed by atoms with E-state index in [1.54, 1.807) is 22.8 Å². The number of anilines is 1. The average Bonchev–Trinajstić information content (AvgIpc) is 3.44. The molecule has 2 unspecified atom stereocenters. The van der Waals surface area contributed by atoms with Crippen molar-refractivity contribution in [3.63, 3.8) is 0 Å². The van der Waals surface area contributed by atoms with Gasteiger partial charge in [0.1, 0.15) is 17.6 Å². The number of hydrogen-bond donors (Lipinski definition) is 1. The molecule has 8 nitrogen and oxygen atoms in total.